The van der Waals surface area contributed by atoms with Gasteiger partial charge in [0.2, 0.25) is 5.28 Å². The van der Waals surface area contributed by atoms with E-state index in [1.807, 2.05) is 6.92 Å². The molecule has 0 saturated carbocycles. The number of halogens is 1. The van der Waals surface area contributed by atoms with Crippen LogP contribution in [0.2, 0.25) is 5.28 Å². The molecule has 0 saturated heterocycles. The van der Waals surface area contributed by atoms with E-state index in [-0.39, 0.29) is 5.28 Å². The third kappa shape index (κ3) is 2.81. The van der Waals surface area contributed by atoms with E-state index in [4.69, 9.17) is 16.7 Å². The standard InChI is InChI=1S/C9H9ClN2O2/c1-2-6(3-8(13)14)7-4-11-9(10)12-5-7/h3-5H,2H2,1H3,(H,13,14)/b6-3+. The van der Waals surface area contributed by atoms with E-state index in [0.717, 1.165) is 6.08 Å². The number of aromatic nitrogens is 2. The summed E-state index contributed by atoms with van der Waals surface area (Å²) in [7, 11) is 0. The number of rotatable bonds is 3. The number of carboxylic acids is 1. The Kier molecular flexibility index (Phi) is 3.59. The number of hydrogen-bond donors (Lipinski definition) is 1. The topological polar surface area (TPSA) is 63.1 Å². The lowest BCUT2D eigenvalue weighted by Crippen LogP contribution is -1.93. The van der Waals surface area contributed by atoms with Crippen LogP contribution in [-0.4, -0.2) is 21.0 Å². The smallest absolute Gasteiger partial charge is 0.328 e. The van der Waals surface area contributed by atoms with Crippen LogP contribution in [0.4, 0.5) is 0 Å². The van der Waals surface area contributed by atoms with Gasteiger partial charge in [0, 0.05) is 24.0 Å². The van der Waals surface area contributed by atoms with Gasteiger partial charge in [-0.15, -0.1) is 0 Å². The van der Waals surface area contributed by atoms with Gasteiger partial charge in [-0.1, -0.05) is 6.92 Å². The van der Waals surface area contributed by atoms with Crippen molar-refractivity contribution in [2.45, 2.75) is 13.3 Å². The second-order valence-corrected chi connectivity index (χ2v) is 2.94. The Bertz CT molecular complexity index is 360. The summed E-state index contributed by atoms with van der Waals surface area (Å²) in [6, 6.07) is 0. The highest BCUT2D eigenvalue weighted by atomic mass is 35.5. The highest BCUT2D eigenvalue weighted by molar-refractivity contribution is 6.28. The molecule has 0 bridgehead atoms. The van der Waals surface area contributed by atoms with Crippen molar-refractivity contribution < 1.29 is 9.90 Å². The third-order valence-electron chi connectivity index (χ3n) is 1.67. The van der Waals surface area contributed by atoms with Crippen molar-refractivity contribution >= 4 is 23.1 Å². The zero-order valence-corrected chi connectivity index (χ0v) is 8.32. The highest BCUT2D eigenvalue weighted by Crippen LogP contribution is 2.16. The van der Waals surface area contributed by atoms with Crippen LogP contribution in [-0.2, 0) is 4.79 Å². The van der Waals surface area contributed by atoms with Gasteiger partial charge >= 0.3 is 5.97 Å². The lowest BCUT2D eigenvalue weighted by atomic mass is 10.1. The van der Waals surface area contributed by atoms with Gasteiger partial charge in [0.15, 0.2) is 0 Å². The molecule has 1 aromatic heterocycles. The molecule has 0 aliphatic rings. The molecule has 0 radical (unpaired) electrons. The van der Waals surface area contributed by atoms with E-state index in [1.165, 1.54) is 12.4 Å². The normalized spacial score (nSPS) is 11.4. The number of nitrogens with zero attached hydrogens (tertiary/aromatic N) is 2. The van der Waals surface area contributed by atoms with Crippen LogP contribution < -0.4 is 0 Å². The zero-order chi connectivity index (χ0) is 10.6. The van der Waals surface area contributed by atoms with E-state index in [1.54, 1.807) is 0 Å². The van der Waals surface area contributed by atoms with Gasteiger partial charge in [-0.25, -0.2) is 14.8 Å². The molecule has 1 aromatic rings. The fraction of sp³-hybridized carbons (Fsp3) is 0.222. The quantitative estimate of drug-likeness (QED) is 0.615. The number of carbonyl (C=O) groups is 1. The summed E-state index contributed by atoms with van der Waals surface area (Å²) in [5.41, 5.74) is 1.36. The summed E-state index contributed by atoms with van der Waals surface area (Å²) in [5.74, 6) is -0.975. The summed E-state index contributed by atoms with van der Waals surface area (Å²) in [5, 5.41) is 8.74. The molecule has 1 N–H and O–H groups in total. The van der Waals surface area contributed by atoms with Crippen molar-refractivity contribution in [3.05, 3.63) is 29.3 Å². The van der Waals surface area contributed by atoms with E-state index >= 15 is 0 Å². The molecular weight excluding hydrogens is 204 g/mol. The molecular formula is C9H9ClN2O2. The summed E-state index contributed by atoms with van der Waals surface area (Å²) >= 11 is 5.51. The van der Waals surface area contributed by atoms with Gasteiger partial charge in [0.1, 0.15) is 0 Å². The first-order valence-corrected chi connectivity index (χ1v) is 4.42. The average molecular weight is 213 g/mol. The van der Waals surface area contributed by atoms with E-state index in [9.17, 15) is 4.79 Å². The lowest BCUT2D eigenvalue weighted by molar-refractivity contribution is -0.131. The highest BCUT2D eigenvalue weighted by Gasteiger charge is 2.02. The molecule has 0 aromatic carbocycles. The minimum Gasteiger partial charge on any atom is -0.478 e. The monoisotopic (exact) mass is 212 g/mol. The summed E-state index contributed by atoms with van der Waals surface area (Å²) < 4.78 is 0. The van der Waals surface area contributed by atoms with E-state index in [0.29, 0.717) is 17.6 Å². The molecule has 0 aliphatic carbocycles. The second-order valence-electron chi connectivity index (χ2n) is 2.60. The largest absolute Gasteiger partial charge is 0.478 e. The Morgan fingerprint density at radius 2 is 2.14 bits per heavy atom. The Morgan fingerprint density at radius 1 is 1.57 bits per heavy atom. The van der Waals surface area contributed by atoms with Crippen molar-refractivity contribution in [1.29, 1.82) is 0 Å². The van der Waals surface area contributed by atoms with Gasteiger partial charge in [-0.05, 0) is 23.6 Å². The van der Waals surface area contributed by atoms with Gasteiger partial charge in [0.05, 0.1) is 0 Å². The Balaban J connectivity index is 3.01. The van der Waals surface area contributed by atoms with Gasteiger partial charge in [0.25, 0.3) is 0 Å². The second kappa shape index (κ2) is 4.72. The molecule has 1 rings (SSSR count). The molecule has 1 heterocycles. The van der Waals surface area contributed by atoms with Gasteiger partial charge < -0.3 is 5.11 Å². The van der Waals surface area contributed by atoms with E-state index in [2.05, 4.69) is 9.97 Å². The summed E-state index contributed by atoms with van der Waals surface area (Å²) in [4.78, 5) is 18.0. The summed E-state index contributed by atoms with van der Waals surface area (Å²) in [6.45, 7) is 1.86. The van der Waals surface area contributed by atoms with E-state index < -0.39 is 5.97 Å². The van der Waals surface area contributed by atoms with Crippen molar-refractivity contribution in [2.75, 3.05) is 0 Å². The molecule has 4 nitrogen and oxygen atoms in total. The molecule has 0 spiro atoms. The van der Waals surface area contributed by atoms with Gasteiger partial charge in [-0.2, -0.15) is 0 Å². The lowest BCUT2D eigenvalue weighted by Gasteiger charge is -2.01. The molecule has 74 valence electrons. The van der Waals surface area contributed by atoms with Crippen molar-refractivity contribution in [3.63, 3.8) is 0 Å². The Hall–Kier alpha value is -1.42. The molecule has 0 fully saturated rings. The first-order chi connectivity index (χ1) is 6.63. The number of allylic oxidation sites excluding steroid dienone is 1. The average Bonchev–Trinajstić information content (AvgIpc) is 2.15. The summed E-state index contributed by atoms with van der Waals surface area (Å²) in [6.07, 6.45) is 4.77. The van der Waals surface area contributed by atoms with Crippen LogP contribution in [0.1, 0.15) is 18.9 Å². The molecule has 0 unspecified atom stereocenters. The number of carboxylic acid groups (broad SMARTS) is 1. The molecule has 14 heavy (non-hydrogen) atoms. The first kappa shape index (κ1) is 10.7. The van der Waals surface area contributed by atoms with Crippen molar-refractivity contribution in [2.24, 2.45) is 0 Å². The van der Waals surface area contributed by atoms with Crippen LogP contribution in [0.25, 0.3) is 5.57 Å². The number of hydrogen-bond acceptors (Lipinski definition) is 3. The fourth-order valence-corrected chi connectivity index (χ4v) is 1.11. The van der Waals surface area contributed by atoms with Crippen LogP contribution in [0.5, 0.6) is 0 Å². The van der Waals surface area contributed by atoms with Crippen LogP contribution >= 0.6 is 11.6 Å². The molecule has 0 atom stereocenters. The predicted octanol–water partition coefficient (Wildman–Crippen LogP) is 2.01. The van der Waals surface area contributed by atoms with Crippen LogP contribution in [0, 0.1) is 0 Å². The van der Waals surface area contributed by atoms with Crippen molar-refractivity contribution in [3.8, 4) is 0 Å². The third-order valence-corrected chi connectivity index (χ3v) is 1.86. The Labute approximate surface area is 86.3 Å². The predicted molar refractivity (Wildman–Crippen MR) is 52.9 cm³/mol. The maximum absolute atomic E-state index is 10.5. The zero-order valence-electron chi connectivity index (χ0n) is 7.57. The van der Waals surface area contributed by atoms with Crippen LogP contribution in [0.3, 0.4) is 0 Å². The molecule has 0 aliphatic heterocycles. The first-order valence-electron chi connectivity index (χ1n) is 4.05. The maximum atomic E-state index is 10.5. The number of aliphatic carboxylic acids is 1. The minimum atomic E-state index is -0.975. The fourth-order valence-electron chi connectivity index (χ4n) is 1.02. The van der Waals surface area contributed by atoms with Crippen molar-refractivity contribution in [1.82, 2.24) is 9.97 Å². The molecule has 5 heteroatoms. The molecule has 0 amide bonds. The SMILES string of the molecule is CC/C(=C\C(=O)O)c1cnc(Cl)nc1. The Morgan fingerprint density at radius 3 is 2.57 bits per heavy atom. The minimum absolute atomic E-state index is 0.152. The van der Waals surface area contributed by atoms with Gasteiger partial charge in [-0.3, -0.25) is 0 Å². The maximum Gasteiger partial charge on any atom is 0.328 e. The van der Waals surface area contributed by atoms with Crippen LogP contribution in [0.15, 0.2) is 18.5 Å².